The molecule has 1 aromatic carbocycles. The molecule has 0 radical (unpaired) electrons. The number of thiophene rings is 1. The van der Waals surface area contributed by atoms with Crippen LogP contribution in [0.15, 0.2) is 18.2 Å². The van der Waals surface area contributed by atoms with Gasteiger partial charge in [0.2, 0.25) is 6.79 Å². The van der Waals surface area contributed by atoms with Gasteiger partial charge in [0.15, 0.2) is 11.5 Å². The standard InChI is InChI=1S/C18H17ClN2O4S/c19-12-6-11(7-13-16(12)25-9-24-13)17(22)20-21-18(23)15-8-10-4-2-1-3-5-14(10)26-15/h6-8H,1-5,9H2,(H,20,22)(H,21,23). The third-order valence-corrected chi connectivity index (χ3v) is 5.97. The van der Waals surface area contributed by atoms with Gasteiger partial charge in [0, 0.05) is 10.4 Å². The summed E-state index contributed by atoms with van der Waals surface area (Å²) in [4.78, 5) is 26.5. The summed E-state index contributed by atoms with van der Waals surface area (Å²) in [7, 11) is 0. The van der Waals surface area contributed by atoms with Gasteiger partial charge in [0.05, 0.1) is 9.90 Å². The predicted octanol–water partition coefficient (Wildman–Crippen LogP) is 3.47. The molecule has 2 amide bonds. The fraction of sp³-hybridized carbons (Fsp3) is 0.333. The Morgan fingerprint density at radius 1 is 1.00 bits per heavy atom. The van der Waals surface area contributed by atoms with Gasteiger partial charge >= 0.3 is 0 Å². The Kier molecular flexibility index (Phi) is 4.74. The van der Waals surface area contributed by atoms with Gasteiger partial charge < -0.3 is 9.47 Å². The largest absolute Gasteiger partial charge is 0.454 e. The van der Waals surface area contributed by atoms with Crippen LogP contribution in [0, 0.1) is 0 Å². The van der Waals surface area contributed by atoms with Crippen LogP contribution in [-0.4, -0.2) is 18.6 Å². The van der Waals surface area contributed by atoms with E-state index < -0.39 is 5.91 Å². The molecule has 8 heteroatoms. The highest BCUT2D eigenvalue weighted by atomic mass is 35.5. The van der Waals surface area contributed by atoms with Gasteiger partial charge in [-0.25, -0.2) is 0 Å². The summed E-state index contributed by atoms with van der Waals surface area (Å²) in [6, 6.07) is 4.94. The maximum Gasteiger partial charge on any atom is 0.279 e. The van der Waals surface area contributed by atoms with Crippen molar-refractivity contribution >= 4 is 34.8 Å². The lowest BCUT2D eigenvalue weighted by atomic mass is 10.1. The van der Waals surface area contributed by atoms with Gasteiger partial charge in [0.25, 0.3) is 11.8 Å². The molecule has 26 heavy (non-hydrogen) atoms. The maximum atomic E-state index is 12.4. The maximum absolute atomic E-state index is 12.4. The molecule has 136 valence electrons. The van der Waals surface area contributed by atoms with Gasteiger partial charge in [-0.3, -0.25) is 20.4 Å². The molecule has 1 aliphatic heterocycles. The van der Waals surface area contributed by atoms with Crippen molar-refractivity contribution in [2.75, 3.05) is 6.79 Å². The van der Waals surface area contributed by atoms with Crippen molar-refractivity contribution in [3.05, 3.63) is 44.1 Å². The Labute approximate surface area is 159 Å². The first-order valence-electron chi connectivity index (χ1n) is 8.43. The monoisotopic (exact) mass is 392 g/mol. The van der Waals surface area contributed by atoms with Crippen LogP contribution in [0.5, 0.6) is 11.5 Å². The van der Waals surface area contributed by atoms with Crippen molar-refractivity contribution in [1.29, 1.82) is 0 Å². The molecule has 1 aliphatic carbocycles. The molecule has 2 aliphatic rings. The molecule has 0 saturated carbocycles. The number of rotatable bonds is 2. The number of hydrazine groups is 1. The number of aryl methyl sites for hydroxylation is 2. The lowest BCUT2D eigenvalue weighted by molar-refractivity contribution is 0.0848. The van der Waals surface area contributed by atoms with Crippen LogP contribution in [0.1, 0.15) is 49.7 Å². The number of benzene rings is 1. The van der Waals surface area contributed by atoms with Gasteiger partial charge in [0.1, 0.15) is 0 Å². The van der Waals surface area contributed by atoms with E-state index in [0.29, 0.717) is 21.4 Å². The fourth-order valence-corrected chi connectivity index (χ4v) is 4.54. The number of hydrogen-bond acceptors (Lipinski definition) is 5. The first-order valence-corrected chi connectivity index (χ1v) is 9.62. The molecule has 4 rings (SSSR count). The number of ether oxygens (including phenoxy) is 2. The van der Waals surface area contributed by atoms with Gasteiger partial charge in [-0.15, -0.1) is 11.3 Å². The number of nitrogens with one attached hydrogen (secondary N) is 2. The summed E-state index contributed by atoms with van der Waals surface area (Å²) in [6.07, 6.45) is 5.59. The number of halogens is 1. The summed E-state index contributed by atoms with van der Waals surface area (Å²) < 4.78 is 10.5. The molecule has 0 saturated heterocycles. The number of carbonyl (C=O) groups is 2. The molecule has 6 nitrogen and oxygen atoms in total. The molecule has 0 spiro atoms. The van der Waals surface area contributed by atoms with Crippen LogP contribution in [0.4, 0.5) is 0 Å². The van der Waals surface area contributed by atoms with E-state index in [4.69, 9.17) is 21.1 Å². The van der Waals surface area contributed by atoms with Crippen molar-refractivity contribution < 1.29 is 19.1 Å². The molecule has 2 aromatic rings. The highest BCUT2D eigenvalue weighted by molar-refractivity contribution is 7.14. The Morgan fingerprint density at radius 3 is 2.69 bits per heavy atom. The average Bonchev–Trinajstić information content (AvgIpc) is 3.21. The van der Waals surface area contributed by atoms with Crippen molar-refractivity contribution in [1.82, 2.24) is 10.9 Å². The van der Waals surface area contributed by atoms with Crippen LogP contribution in [0.25, 0.3) is 0 Å². The lowest BCUT2D eigenvalue weighted by Gasteiger charge is -2.08. The molecular formula is C18H17ClN2O4S. The van der Waals surface area contributed by atoms with Crippen molar-refractivity contribution in [2.24, 2.45) is 0 Å². The predicted molar refractivity (Wildman–Crippen MR) is 98.1 cm³/mol. The number of carbonyl (C=O) groups excluding carboxylic acids is 2. The van der Waals surface area contributed by atoms with E-state index in [-0.39, 0.29) is 18.3 Å². The molecular weight excluding hydrogens is 376 g/mol. The zero-order chi connectivity index (χ0) is 18.1. The highest BCUT2D eigenvalue weighted by Gasteiger charge is 2.21. The third kappa shape index (κ3) is 3.37. The first kappa shape index (κ1) is 17.2. The third-order valence-electron chi connectivity index (χ3n) is 4.45. The number of fused-ring (bicyclic) bond motifs is 2. The van der Waals surface area contributed by atoms with Gasteiger partial charge in [-0.1, -0.05) is 18.0 Å². The van der Waals surface area contributed by atoms with E-state index in [0.717, 1.165) is 25.7 Å². The van der Waals surface area contributed by atoms with Crippen molar-refractivity contribution in [3.63, 3.8) is 0 Å². The van der Waals surface area contributed by atoms with Gasteiger partial charge in [-0.2, -0.15) is 0 Å². The van der Waals surface area contributed by atoms with Crippen LogP contribution in [-0.2, 0) is 12.8 Å². The number of amides is 2. The minimum Gasteiger partial charge on any atom is -0.454 e. The second kappa shape index (κ2) is 7.17. The van der Waals surface area contributed by atoms with Crippen LogP contribution in [0.2, 0.25) is 5.02 Å². The van der Waals surface area contributed by atoms with E-state index >= 15 is 0 Å². The normalized spacial score (nSPS) is 15.1. The topological polar surface area (TPSA) is 76.7 Å². The van der Waals surface area contributed by atoms with Crippen molar-refractivity contribution in [2.45, 2.75) is 32.1 Å². The van der Waals surface area contributed by atoms with Crippen LogP contribution < -0.4 is 20.3 Å². The Morgan fingerprint density at radius 2 is 1.81 bits per heavy atom. The molecule has 0 bridgehead atoms. The molecule has 1 aromatic heterocycles. The molecule has 0 fully saturated rings. The summed E-state index contributed by atoms with van der Waals surface area (Å²) in [5.74, 6) is 0.0447. The summed E-state index contributed by atoms with van der Waals surface area (Å²) in [5, 5.41) is 0.290. The zero-order valence-electron chi connectivity index (χ0n) is 13.9. The summed E-state index contributed by atoms with van der Waals surface area (Å²) in [5.41, 5.74) is 6.42. The second-order valence-corrected chi connectivity index (χ2v) is 7.76. The Hall–Kier alpha value is -2.25. The van der Waals surface area contributed by atoms with E-state index in [1.54, 1.807) is 0 Å². The summed E-state index contributed by atoms with van der Waals surface area (Å²) in [6.45, 7) is 0.0694. The molecule has 2 heterocycles. The second-order valence-electron chi connectivity index (χ2n) is 6.22. The molecule has 0 atom stereocenters. The van der Waals surface area contributed by atoms with E-state index in [9.17, 15) is 9.59 Å². The summed E-state index contributed by atoms with van der Waals surface area (Å²) >= 11 is 7.58. The number of hydrogen-bond donors (Lipinski definition) is 2. The lowest BCUT2D eigenvalue weighted by Crippen LogP contribution is -2.41. The van der Waals surface area contributed by atoms with Gasteiger partial charge in [-0.05, 0) is 49.4 Å². The quantitative estimate of drug-likeness (QED) is 0.606. The van der Waals surface area contributed by atoms with Crippen molar-refractivity contribution in [3.8, 4) is 11.5 Å². The smallest absolute Gasteiger partial charge is 0.279 e. The first-order chi connectivity index (χ1) is 12.6. The minimum atomic E-state index is -0.475. The molecule has 2 N–H and O–H groups in total. The SMILES string of the molecule is O=C(NNC(=O)c1cc2c(s1)CCCCC2)c1cc(Cl)c2c(c1)OCO2. The minimum absolute atomic E-state index is 0.0694. The average molecular weight is 393 g/mol. The Balaban J connectivity index is 1.42. The van der Waals surface area contributed by atoms with Crippen LogP contribution >= 0.6 is 22.9 Å². The van der Waals surface area contributed by atoms with Crippen LogP contribution in [0.3, 0.4) is 0 Å². The fourth-order valence-electron chi connectivity index (χ4n) is 3.13. The zero-order valence-corrected chi connectivity index (χ0v) is 15.5. The molecule has 0 unspecified atom stereocenters. The van der Waals surface area contributed by atoms with E-state index in [1.807, 2.05) is 6.07 Å². The van der Waals surface area contributed by atoms with E-state index in [1.165, 1.54) is 40.3 Å². The highest BCUT2D eigenvalue weighted by Crippen LogP contribution is 2.39. The van der Waals surface area contributed by atoms with E-state index in [2.05, 4.69) is 10.9 Å². The Bertz CT molecular complexity index is 857.